The van der Waals surface area contributed by atoms with Crippen molar-refractivity contribution in [2.45, 2.75) is 33.7 Å². The number of carbonyl (C=O) groups excluding carboxylic acids is 2. The fourth-order valence-corrected chi connectivity index (χ4v) is 2.39. The average Bonchev–Trinajstić information content (AvgIpc) is 2.52. The van der Waals surface area contributed by atoms with Crippen LogP contribution in [0.5, 0.6) is 0 Å². The van der Waals surface area contributed by atoms with Crippen molar-refractivity contribution >= 4 is 17.6 Å². The highest BCUT2D eigenvalue weighted by Crippen LogP contribution is 2.12. The van der Waals surface area contributed by atoms with Crippen molar-refractivity contribution in [2.75, 3.05) is 5.32 Å². The molecule has 5 nitrogen and oxygen atoms in total. The molecule has 1 aromatic heterocycles. The van der Waals surface area contributed by atoms with Gasteiger partial charge in [-0.15, -0.1) is 0 Å². The molecule has 1 heterocycles. The first-order chi connectivity index (χ1) is 11.4. The molecule has 2 rings (SSSR count). The number of carbonyl (C=O) groups is 2. The highest BCUT2D eigenvalue weighted by atomic mass is 16.2. The average molecular weight is 325 g/mol. The zero-order valence-electron chi connectivity index (χ0n) is 14.5. The highest BCUT2D eigenvalue weighted by molar-refractivity contribution is 6.01. The molecule has 0 aliphatic rings. The molecular weight excluding hydrogens is 302 g/mol. The minimum Gasteiger partial charge on any atom is -0.340 e. The van der Waals surface area contributed by atoms with E-state index < -0.39 is 6.04 Å². The predicted molar refractivity (Wildman–Crippen MR) is 94.9 cm³/mol. The lowest BCUT2D eigenvalue weighted by Crippen LogP contribution is -2.47. The molecule has 0 bridgehead atoms. The normalized spacial score (nSPS) is 11.9. The van der Waals surface area contributed by atoms with Crippen LogP contribution >= 0.6 is 0 Å². The molecule has 0 saturated carbocycles. The zero-order valence-corrected chi connectivity index (χ0v) is 14.5. The molecule has 1 atom stereocenters. The number of nitrogens with zero attached hydrogens (tertiary/aromatic N) is 1. The lowest BCUT2D eigenvalue weighted by Gasteiger charge is -2.22. The Labute approximate surface area is 142 Å². The molecule has 2 amide bonds. The van der Waals surface area contributed by atoms with Gasteiger partial charge in [0, 0.05) is 11.8 Å². The summed E-state index contributed by atoms with van der Waals surface area (Å²) in [6.45, 7) is 7.59. The van der Waals surface area contributed by atoms with Crippen LogP contribution < -0.4 is 10.6 Å². The quantitative estimate of drug-likeness (QED) is 0.887. The minimum atomic E-state index is -0.639. The number of amides is 2. The van der Waals surface area contributed by atoms with Gasteiger partial charge >= 0.3 is 0 Å². The van der Waals surface area contributed by atoms with Crippen LogP contribution in [0, 0.1) is 19.8 Å². The molecule has 0 aliphatic carbocycles. The number of hydrogen-bond acceptors (Lipinski definition) is 3. The Bertz CT molecular complexity index is 741. The van der Waals surface area contributed by atoms with Crippen molar-refractivity contribution in [1.29, 1.82) is 0 Å². The molecular formula is C19H23N3O2. The summed E-state index contributed by atoms with van der Waals surface area (Å²) < 4.78 is 0. The van der Waals surface area contributed by atoms with E-state index in [2.05, 4.69) is 15.6 Å². The van der Waals surface area contributed by atoms with Gasteiger partial charge in [-0.25, -0.2) is 4.98 Å². The van der Waals surface area contributed by atoms with Crippen LogP contribution in [0.2, 0.25) is 0 Å². The molecule has 126 valence electrons. The number of aryl methyl sites for hydroxylation is 2. The molecule has 2 N–H and O–H groups in total. The van der Waals surface area contributed by atoms with Gasteiger partial charge in [0.2, 0.25) is 5.91 Å². The summed E-state index contributed by atoms with van der Waals surface area (Å²) in [5.41, 5.74) is 2.45. The maximum atomic E-state index is 12.6. The van der Waals surface area contributed by atoms with Crippen molar-refractivity contribution < 1.29 is 9.59 Å². The van der Waals surface area contributed by atoms with Crippen LogP contribution in [-0.4, -0.2) is 22.8 Å². The smallest absolute Gasteiger partial charge is 0.252 e. The second-order valence-corrected chi connectivity index (χ2v) is 6.22. The van der Waals surface area contributed by atoms with Gasteiger partial charge in [-0.2, -0.15) is 0 Å². The highest BCUT2D eigenvalue weighted by Gasteiger charge is 2.25. The van der Waals surface area contributed by atoms with E-state index in [1.807, 2.05) is 52.0 Å². The van der Waals surface area contributed by atoms with E-state index in [-0.39, 0.29) is 17.7 Å². The van der Waals surface area contributed by atoms with Gasteiger partial charge < -0.3 is 10.6 Å². The van der Waals surface area contributed by atoms with Gasteiger partial charge in [0.1, 0.15) is 11.9 Å². The predicted octanol–water partition coefficient (Wildman–Crippen LogP) is 3.09. The van der Waals surface area contributed by atoms with Crippen LogP contribution in [0.15, 0.2) is 42.6 Å². The maximum absolute atomic E-state index is 12.6. The van der Waals surface area contributed by atoms with Gasteiger partial charge in [-0.3, -0.25) is 9.59 Å². The second kappa shape index (κ2) is 7.73. The summed E-state index contributed by atoms with van der Waals surface area (Å²) in [4.78, 5) is 29.2. The lowest BCUT2D eigenvalue weighted by atomic mass is 10.0. The third-order valence-corrected chi connectivity index (χ3v) is 3.79. The standard InChI is InChI=1S/C19H23N3O2/c1-12(2)17(19(24)21-16-11-13(3)9-10-20-16)22-18(23)15-8-6-5-7-14(15)4/h5-12,17H,1-4H3,(H,22,23)(H,20,21,24). The number of aromatic nitrogens is 1. The molecule has 0 fully saturated rings. The van der Waals surface area contributed by atoms with Crippen LogP contribution in [0.25, 0.3) is 0 Å². The van der Waals surface area contributed by atoms with Crippen molar-refractivity contribution in [3.8, 4) is 0 Å². The van der Waals surface area contributed by atoms with Crippen LogP contribution in [0.4, 0.5) is 5.82 Å². The molecule has 1 aromatic carbocycles. The number of benzene rings is 1. The van der Waals surface area contributed by atoms with Crippen LogP contribution in [0.3, 0.4) is 0 Å². The Morgan fingerprint density at radius 1 is 1.08 bits per heavy atom. The summed E-state index contributed by atoms with van der Waals surface area (Å²) in [5, 5.41) is 5.60. The molecule has 0 aliphatic heterocycles. The monoisotopic (exact) mass is 325 g/mol. The summed E-state index contributed by atoms with van der Waals surface area (Å²) >= 11 is 0. The fourth-order valence-electron chi connectivity index (χ4n) is 2.39. The minimum absolute atomic E-state index is 0.0530. The number of anilines is 1. The van der Waals surface area contributed by atoms with E-state index in [9.17, 15) is 9.59 Å². The number of pyridine rings is 1. The van der Waals surface area contributed by atoms with Crippen LogP contribution in [-0.2, 0) is 4.79 Å². The third kappa shape index (κ3) is 4.41. The molecule has 24 heavy (non-hydrogen) atoms. The second-order valence-electron chi connectivity index (χ2n) is 6.22. The van der Waals surface area contributed by atoms with E-state index in [4.69, 9.17) is 0 Å². The molecule has 0 saturated heterocycles. The zero-order chi connectivity index (χ0) is 17.7. The Hall–Kier alpha value is -2.69. The Kier molecular flexibility index (Phi) is 5.68. The number of nitrogens with one attached hydrogen (secondary N) is 2. The molecule has 0 spiro atoms. The lowest BCUT2D eigenvalue weighted by molar-refractivity contribution is -0.118. The number of rotatable bonds is 5. The van der Waals surface area contributed by atoms with Crippen molar-refractivity contribution in [3.05, 3.63) is 59.3 Å². The van der Waals surface area contributed by atoms with Gasteiger partial charge in [-0.05, 0) is 49.1 Å². The molecule has 0 radical (unpaired) electrons. The van der Waals surface area contributed by atoms with Crippen molar-refractivity contribution in [1.82, 2.24) is 10.3 Å². The first-order valence-electron chi connectivity index (χ1n) is 7.98. The summed E-state index contributed by atoms with van der Waals surface area (Å²) in [6.07, 6.45) is 1.64. The molecule has 5 heteroatoms. The van der Waals surface area contributed by atoms with E-state index in [1.165, 1.54) is 0 Å². The summed E-state index contributed by atoms with van der Waals surface area (Å²) in [7, 11) is 0. The van der Waals surface area contributed by atoms with E-state index in [0.29, 0.717) is 11.4 Å². The Morgan fingerprint density at radius 2 is 1.79 bits per heavy atom. The number of hydrogen-bond donors (Lipinski definition) is 2. The maximum Gasteiger partial charge on any atom is 0.252 e. The summed E-state index contributed by atoms with van der Waals surface area (Å²) in [6, 6.07) is 10.3. The third-order valence-electron chi connectivity index (χ3n) is 3.79. The molecule has 2 aromatic rings. The summed E-state index contributed by atoms with van der Waals surface area (Å²) in [5.74, 6) is -0.0947. The van der Waals surface area contributed by atoms with Gasteiger partial charge in [0.15, 0.2) is 0 Å². The van der Waals surface area contributed by atoms with Gasteiger partial charge in [-0.1, -0.05) is 32.0 Å². The first kappa shape index (κ1) is 17.7. The Morgan fingerprint density at radius 3 is 2.42 bits per heavy atom. The molecule has 1 unspecified atom stereocenters. The SMILES string of the molecule is Cc1ccnc(NC(=O)C(NC(=O)c2ccccc2C)C(C)C)c1. The van der Waals surface area contributed by atoms with Gasteiger partial charge in [0.05, 0.1) is 0 Å². The topological polar surface area (TPSA) is 71.1 Å². The van der Waals surface area contributed by atoms with E-state index in [0.717, 1.165) is 11.1 Å². The van der Waals surface area contributed by atoms with Crippen molar-refractivity contribution in [3.63, 3.8) is 0 Å². The van der Waals surface area contributed by atoms with Crippen LogP contribution in [0.1, 0.15) is 35.3 Å². The van der Waals surface area contributed by atoms with E-state index in [1.54, 1.807) is 18.3 Å². The Balaban J connectivity index is 2.13. The van der Waals surface area contributed by atoms with Crippen molar-refractivity contribution in [2.24, 2.45) is 5.92 Å². The van der Waals surface area contributed by atoms with E-state index >= 15 is 0 Å². The van der Waals surface area contributed by atoms with Gasteiger partial charge in [0.25, 0.3) is 5.91 Å². The fraction of sp³-hybridized carbons (Fsp3) is 0.316. The first-order valence-corrected chi connectivity index (χ1v) is 7.98. The largest absolute Gasteiger partial charge is 0.340 e.